The Morgan fingerprint density at radius 2 is 2.16 bits per heavy atom. The van der Waals surface area contributed by atoms with Gasteiger partial charge < -0.3 is 9.88 Å². The van der Waals surface area contributed by atoms with E-state index in [-0.39, 0.29) is 0 Å². The fourth-order valence-corrected chi connectivity index (χ4v) is 2.02. The van der Waals surface area contributed by atoms with E-state index in [0.29, 0.717) is 5.92 Å². The van der Waals surface area contributed by atoms with E-state index in [4.69, 9.17) is 0 Å². The smallest absolute Gasteiger partial charge is 0.134 e. The van der Waals surface area contributed by atoms with Crippen molar-refractivity contribution in [2.24, 2.45) is 7.05 Å². The Balaban J connectivity index is 1.98. The molecule has 2 aromatic heterocycles. The Morgan fingerprint density at radius 3 is 2.79 bits per heavy atom. The van der Waals surface area contributed by atoms with Crippen molar-refractivity contribution in [2.75, 3.05) is 11.9 Å². The van der Waals surface area contributed by atoms with Crippen LogP contribution in [0.3, 0.4) is 0 Å². The second-order valence-corrected chi connectivity index (χ2v) is 5.44. The molecule has 0 saturated heterocycles. The molecular weight excluding hydrogens is 308 g/mol. The van der Waals surface area contributed by atoms with Crippen molar-refractivity contribution in [2.45, 2.75) is 26.2 Å². The summed E-state index contributed by atoms with van der Waals surface area (Å²) in [7, 11) is 1.94. The number of nitrogens with zero attached hydrogens (tertiary/aromatic N) is 5. The normalized spacial score (nSPS) is 11.0. The van der Waals surface area contributed by atoms with Crippen LogP contribution in [0.4, 0.5) is 5.82 Å². The van der Waals surface area contributed by atoms with Gasteiger partial charge in [-0.1, -0.05) is 13.8 Å². The summed E-state index contributed by atoms with van der Waals surface area (Å²) in [4.78, 5) is 8.82. The molecule has 6 nitrogen and oxygen atoms in total. The maximum atomic E-state index is 4.48. The van der Waals surface area contributed by atoms with Gasteiger partial charge >= 0.3 is 0 Å². The summed E-state index contributed by atoms with van der Waals surface area (Å²) in [6, 6.07) is 1.88. The molecule has 0 radical (unpaired) electrons. The molecule has 7 heteroatoms. The Kier molecular flexibility index (Phi) is 4.47. The fourth-order valence-electron chi connectivity index (χ4n) is 1.62. The Morgan fingerprint density at radius 1 is 1.37 bits per heavy atom. The van der Waals surface area contributed by atoms with E-state index >= 15 is 0 Å². The molecule has 1 N–H and O–H groups in total. The molecule has 0 aliphatic heterocycles. The molecule has 0 spiro atoms. The van der Waals surface area contributed by atoms with Crippen molar-refractivity contribution < 1.29 is 0 Å². The minimum Gasteiger partial charge on any atom is -0.369 e. The first-order valence-electron chi connectivity index (χ1n) is 6.17. The minimum absolute atomic E-state index is 0.303. The first-order chi connectivity index (χ1) is 9.06. The van der Waals surface area contributed by atoms with E-state index in [1.54, 1.807) is 6.33 Å². The maximum absolute atomic E-state index is 4.48. The lowest BCUT2D eigenvalue weighted by Gasteiger charge is -2.09. The van der Waals surface area contributed by atoms with Gasteiger partial charge in [0.15, 0.2) is 0 Å². The van der Waals surface area contributed by atoms with Gasteiger partial charge in [-0.2, -0.15) is 0 Å². The van der Waals surface area contributed by atoms with Crippen LogP contribution in [0.5, 0.6) is 0 Å². The number of rotatable bonds is 5. The molecule has 0 aromatic carbocycles. The highest BCUT2D eigenvalue weighted by atomic mass is 79.9. The van der Waals surface area contributed by atoms with E-state index < -0.39 is 0 Å². The second kappa shape index (κ2) is 6.10. The monoisotopic (exact) mass is 324 g/mol. The van der Waals surface area contributed by atoms with Crippen LogP contribution in [-0.2, 0) is 13.5 Å². The van der Waals surface area contributed by atoms with Gasteiger partial charge in [0.25, 0.3) is 0 Å². The molecule has 0 aliphatic rings. The third-order valence-electron chi connectivity index (χ3n) is 2.69. The van der Waals surface area contributed by atoms with Crippen LogP contribution in [0.1, 0.15) is 31.4 Å². The topological polar surface area (TPSA) is 68.5 Å². The minimum atomic E-state index is 0.303. The zero-order valence-corrected chi connectivity index (χ0v) is 12.8. The zero-order valence-electron chi connectivity index (χ0n) is 11.3. The van der Waals surface area contributed by atoms with Crippen LogP contribution < -0.4 is 5.32 Å². The third kappa shape index (κ3) is 3.73. The van der Waals surface area contributed by atoms with Crippen molar-refractivity contribution in [3.05, 3.63) is 28.6 Å². The van der Waals surface area contributed by atoms with Gasteiger partial charge in [-0.05, 0) is 15.9 Å². The van der Waals surface area contributed by atoms with Gasteiger partial charge in [0, 0.05) is 32.0 Å². The highest BCUT2D eigenvalue weighted by molar-refractivity contribution is 9.10. The molecule has 0 atom stereocenters. The molecule has 0 amide bonds. The highest BCUT2D eigenvalue weighted by Gasteiger charge is 2.07. The van der Waals surface area contributed by atoms with Gasteiger partial charge in [-0.15, -0.1) is 10.2 Å². The maximum Gasteiger partial charge on any atom is 0.134 e. The molecule has 0 bridgehead atoms. The van der Waals surface area contributed by atoms with Crippen molar-refractivity contribution in [3.63, 3.8) is 0 Å². The number of aromatic nitrogens is 5. The second-order valence-electron chi connectivity index (χ2n) is 4.62. The molecule has 0 aliphatic carbocycles. The summed E-state index contributed by atoms with van der Waals surface area (Å²) in [5.41, 5.74) is 0. The summed E-state index contributed by atoms with van der Waals surface area (Å²) in [6.07, 6.45) is 2.50. The van der Waals surface area contributed by atoms with Gasteiger partial charge in [0.05, 0.1) is 0 Å². The van der Waals surface area contributed by atoms with Crippen LogP contribution in [-0.4, -0.2) is 31.3 Å². The number of aryl methyl sites for hydroxylation is 1. The van der Waals surface area contributed by atoms with Gasteiger partial charge in [0.1, 0.15) is 28.4 Å². The summed E-state index contributed by atoms with van der Waals surface area (Å²) in [5.74, 6) is 2.91. The average molecular weight is 325 g/mol. The van der Waals surface area contributed by atoms with E-state index in [1.165, 1.54) is 0 Å². The lowest BCUT2D eigenvalue weighted by atomic mass is 10.2. The summed E-state index contributed by atoms with van der Waals surface area (Å²) >= 11 is 3.41. The standard InChI is InChI=1S/C12H17BrN6/c1-8(2)12-16-9(13)6-10(17-12)14-5-4-11-18-15-7-19(11)3/h6-8H,4-5H2,1-3H3,(H,14,16,17). The Hall–Kier alpha value is -1.50. The molecule has 2 aromatic rings. The molecule has 0 fully saturated rings. The summed E-state index contributed by atoms with van der Waals surface area (Å²) in [5, 5.41) is 11.2. The molecule has 0 unspecified atom stereocenters. The Bertz CT molecular complexity index is 551. The van der Waals surface area contributed by atoms with Gasteiger partial charge in [-0.25, -0.2) is 9.97 Å². The number of hydrogen-bond donors (Lipinski definition) is 1. The lowest BCUT2D eigenvalue weighted by molar-refractivity contribution is 0.763. The highest BCUT2D eigenvalue weighted by Crippen LogP contribution is 2.17. The molecular formula is C12H17BrN6. The predicted octanol–water partition coefficient (Wildman–Crippen LogP) is 2.15. The number of halogens is 1. The van der Waals surface area contributed by atoms with Crippen LogP contribution >= 0.6 is 15.9 Å². The van der Waals surface area contributed by atoms with Crippen LogP contribution in [0.2, 0.25) is 0 Å². The van der Waals surface area contributed by atoms with Crippen molar-refractivity contribution >= 4 is 21.7 Å². The molecule has 0 saturated carbocycles. The number of nitrogens with one attached hydrogen (secondary N) is 1. The molecule has 19 heavy (non-hydrogen) atoms. The van der Waals surface area contributed by atoms with Crippen molar-refractivity contribution in [3.8, 4) is 0 Å². The van der Waals surface area contributed by atoms with Crippen LogP contribution in [0, 0.1) is 0 Å². The predicted molar refractivity (Wildman–Crippen MR) is 77.0 cm³/mol. The van der Waals surface area contributed by atoms with Gasteiger partial charge in [-0.3, -0.25) is 0 Å². The molecule has 102 valence electrons. The van der Waals surface area contributed by atoms with E-state index in [1.807, 2.05) is 17.7 Å². The average Bonchev–Trinajstić information content (AvgIpc) is 2.74. The van der Waals surface area contributed by atoms with E-state index in [9.17, 15) is 0 Å². The quantitative estimate of drug-likeness (QED) is 0.853. The largest absolute Gasteiger partial charge is 0.369 e. The number of anilines is 1. The molecule has 2 rings (SSSR count). The van der Waals surface area contributed by atoms with Crippen LogP contribution in [0.25, 0.3) is 0 Å². The SMILES string of the molecule is CC(C)c1nc(Br)cc(NCCc2nncn2C)n1. The summed E-state index contributed by atoms with van der Waals surface area (Å²) < 4.78 is 2.71. The third-order valence-corrected chi connectivity index (χ3v) is 3.09. The van der Waals surface area contributed by atoms with Crippen LogP contribution in [0.15, 0.2) is 17.0 Å². The van der Waals surface area contributed by atoms with Crippen molar-refractivity contribution in [1.29, 1.82) is 0 Å². The Labute approximate surface area is 120 Å². The van der Waals surface area contributed by atoms with Crippen molar-refractivity contribution in [1.82, 2.24) is 24.7 Å². The first kappa shape index (κ1) is 13.9. The fraction of sp³-hybridized carbons (Fsp3) is 0.500. The van der Waals surface area contributed by atoms with Gasteiger partial charge in [0.2, 0.25) is 0 Å². The summed E-state index contributed by atoms with van der Waals surface area (Å²) in [6.45, 7) is 4.91. The lowest BCUT2D eigenvalue weighted by Crippen LogP contribution is -2.11. The first-order valence-corrected chi connectivity index (χ1v) is 6.97. The van der Waals surface area contributed by atoms with E-state index in [2.05, 4.69) is 55.3 Å². The number of hydrogen-bond acceptors (Lipinski definition) is 5. The molecule has 2 heterocycles. The zero-order chi connectivity index (χ0) is 13.8. The van der Waals surface area contributed by atoms with E-state index in [0.717, 1.165) is 35.0 Å².